The second kappa shape index (κ2) is 7.84. The number of methoxy groups -OCH3 is 1. The van der Waals surface area contributed by atoms with Crippen molar-refractivity contribution < 1.29 is 22.4 Å². The minimum atomic E-state index is -3.09. The number of amides is 1. The van der Waals surface area contributed by atoms with Gasteiger partial charge in [-0.1, -0.05) is 12.1 Å². The van der Waals surface area contributed by atoms with Crippen LogP contribution in [0.1, 0.15) is 17.7 Å². The lowest BCUT2D eigenvalue weighted by Gasteiger charge is -2.27. The molecule has 3 rings (SSSR count). The molecule has 1 aromatic carbocycles. The van der Waals surface area contributed by atoms with Crippen LogP contribution in [0.5, 0.6) is 5.75 Å². The van der Waals surface area contributed by atoms with Crippen LogP contribution in [0.3, 0.4) is 0 Å². The van der Waals surface area contributed by atoms with Crippen molar-refractivity contribution in [2.75, 3.05) is 18.6 Å². The summed E-state index contributed by atoms with van der Waals surface area (Å²) >= 11 is 3.25. The lowest BCUT2D eigenvalue weighted by atomic mass is 10.1. The van der Waals surface area contributed by atoms with Gasteiger partial charge in [0.05, 0.1) is 31.6 Å². The second-order valence-corrected chi connectivity index (χ2v) is 9.32. The average molecular weight is 442 g/mol. The molecule has 1 fully saturated rings. The molecule has 0 aliphatic carbocycles. The molecule has 1 aliphatic rings. The summed E-state index contributed by atoms with van der Waals surface area (Å²) in [5.74, 6) is 1.34. The van der Waals surface area contributed by atoms with Crippen molar-refractivity contribution in [1.29, 1.82) is 0 Å². The highest BCUT2D eigenvalue weighted by Gasteiger charge is 2.35. The highest BCUT2D eigenvalue weighted by atomic mass is 79.9. The van der Waals surface area contributed by atoms with E-state index in [9.17, 15) is 13.2 Å². The van der Waals surface area contributed by atoms with E-state index < -0.39 is 9.84 Å². The first-order valence-corrected chi connectivity index (χ1v) is 10.8. The zero-order valence-corrected chi connectivity index (χ0v) is 16.8. The Morgan fingerprint density at radius 1 is 1.27 bits per heavy atom. The van der Waals surface area contributed by atoms with E-state index in [0.717, 1.165) is 11.3 Å². The van der Waals surface area contributed by atoms with Gasteiger partial charge in [0.15, 0.2) is 14.5 Å². The lowest BCUT2D eigenvalue weighted by Crippen LogP contribution is -2.41. The Hall–Kier alpha value is -1.80. The van der Waals surface area contributed by atoms with Gasteiger partial charge in [-0.3, -0.25) is 4.79 Å². The molecule has 0 radical (unpaired) electrons. The number of nitrogens with zero attached hydrogens (tertiary/aromatic N) is 1. The van der Waals surface area contributed by atoms with Crippen LogP contribution in [-0.4, -0.2) is 43.9 Å². The third kappa shape index (κ3) is 4.67. The summed E-state index contributed by atoms with van der Waals surface area (Å²) < 4.78 is 35.0. The molecular formula is C18H20BrNO5S. The summed E-state index contributed by atoms with van der Waals surface area (Å²) in [4.78, 5) is 14.5. The van der Waals surface area contributed by atoms with Gasteiger partial charge in [-0.15, -0.1) is 0 Å². The van der Waals surface area contributed by atoms with Crippen molar-refractivity contribution in [3.05, 3.63) is 52.4 Å². The summed E-state index contributed by atoms with van der Waals surface area (Å²) in [6, 6.07) is 10.5. The highest BCUT2D eigenvalue weighted by molar-refractivity contribution is 9.10. The maximum Gasteiger partial charge on any atom is 0.227 e. The zero-order valence-electron chi connectivity index (χ0n) is 14.4. The highest BCUT2D eigenvalue weighted by Crippen LogP contribution is 2.23. The SMILES string of the molecule is COc1ccc(CC(=O)N(Cc2ccc(Br)o2)[C@@H]2CCS(=O)(=O)C2)cc1. The normalized spacial score (nSPS) is 18.6. The van der Waals surface area contributed by atoms with Gasteiger partial charge in [0.1, 0.15) is 11.5 Å². The van der Waals surface area contributed by atoms with Gasteiger partial charge in [0, 0.05) is 6.04 Å². The topological polar surface area (TPSA) is 76.8 Å². The predicted molar refractivity (Wildman–Crippen MR) is 101 cm³/mol. The van der Waals surface area contributed by atoms with Gasteiger partial charge in [-0.2, -0.15) is 0 Å². The third-order valence-electron chi connectivity index (χ3n) is 4.44. The molecule has 2 heterocycles. The molecule has 0 saturated carbocycles. The van der Waals surface area contributed by atoms with Crippen molar-refractivity contribution in [1.82, 2.24) is 4.90 Å². The number of rotatable bonds is 6. The standard InChI is InChI=1S/C18H20BrNO5S/c1-24-15-4-2-13(3-5-15)10-18(21)20(11-16-6-7-17(19)25-16)14-8-9-26(22,23)12-14/h2-7,14H,8-12H2,1H3/t14-/m1/s1. The zero-order chi connectivity index (χ0) is 18.7. The Bertz CT molecular complexity index is 875. The molecule has 0 bridgehead atoms. The van der Waals surface area contributed by atoms with Gasteiger partial charge in [-0.25, -0.2) is 8.42 Å². The van der Waals surface area contributed by atoms with E-state index in [-0.39, 0.29) is 36.4 Å². The van der Waals surface area contributed by atoms with Gasteiger partial charge in [-0.05, 0) is 52.2 Å². The van der Waals surface area contributed by atoms with Crippen molar-refractivity contribution in [3.8, 4) is 5.75 Å². The van der Waals surface area contributed by atoms with Crippen LogP contribution in [0.4, 0.5) is 0 Å². The minimum absolute atomic E-state index is 0.00321. The summed E-state index contributed by atoms with van der Waals surface area (Å²) in [6.07, 6.45) is 0.654. The molecule has 0 N–H and O–H groups in total. The number of halogens is 1. The van der Waals surface area contributed by atoms with E-state index in [4.69, 9.17) is 9.15 Å². The first-order chi connectivity index (χ1) is 12.4. The predicted octanol–water partition coefficient (Wildman–Crippen LogP) is 2.81. The largest absolute Gasteiger partial charge is 0.497 e. The maximum absolute atomic E-state index is 12.9. The van der Waals surface area contributed by atoms with E-state index in [1.807, 2.05) is 12.1 Å². The second-order valence-electron chi connectivity index (χ2n) is 6.31. The summed E-state index contributed by atoms with van der Waals surface area (Å²) in [5.41, 5.74) is 0.849. The quantitative estimate of drug-likeness (QED) is 0.688. The van der Waals surface area contributed by atoms with Crippen LogP contribution in [0.25, 0.3) is 0 Å². The minimum Gasteiger partial charge on any atom is -0.497 e. The van der Waals surface area contributed by atoms with Gasteiger partial charge < -0.3 is 14.1 Å². The number of furan rings is 1. The Balaban J connectivity index is 1.77. The molecule has 1 atom stereocenters. The molecule has 6 nitrogen and oxygen atoms in total. The Kier molecular flexibility index (Phi) is 5.72. The van der Waals surface area contributed by atoms with Crippen LogP contribution < -0.4 is 4.74 Å². The lowest BCUT2D eigenvalue weighted by molar-refractivity contribution is -0.133. The molecule has 2 aromatic rings. The van der Waals surface area contributed by atoms with Crippen LogP contribution in [0.2, 0.25) is 0 Å². The molecule has 0 unspecified atom stereocenters. The van der Waals surface area contributed by atoms with Crippen LogP contribution >= 0.6 is 15.9 Å². The molecular weight excluding hydrogens is 422 g/mol. The third-order valence-corrected chi connectivity index (χ3v) is 6.62. The monoisotopic (exact) mass is 441 g/mol. The van der Waals surface area contributed by atoms with Crippen molar-refractivity contribution in [2.24, 2.45) is 0 Å². The number of sulfone groups is 1. The number of carbonyl (C=O) groups excluding carboxylic acids is 1. The summed E-state index contributed by atoms with van der Waals surface area (Å²) in [6.45, 7) is 0.251. The van der Waals surface area contributed by atoms with E-state index in [0.29, 0.717) is 16.9 Å². The molecule has 140 valence electrons. The fraction of sp³-hybridized carbons (Fsp3) is 0.389. The van der Waals surface area contributed by atoms with Crippen molar-refractivity contribution in [3.63, 3.8) is 0 Å². The number of benzene rings is 1. The molecule has 1 aliphatic heterocycles. The molecule has 1 saturated heterocycles. The fourth-order valence-electron chi connectivity index (χ4n) is 3.07. The van der Waals surface area contributed by atoms with Gasteiger partial charge in [0.25, 0.3) is 0 Å². The molecule has 26 heavy (non-hydrogen) atoms. The van der Waals surface area contributed by atoms with Crippen molar-refractivity contribution >= 4 is 31.7 Å². The fourth-order valence-corrected chi connectivity index (χ4v) is 5.14. The maximum atomic E-state index is 12.9. The average Bonchev–Trinajstić information content (AvgIpc) is 3.18. The molecule has 1 aromatic heterocycles. The van der Waals surface area contributed by atoms with E-state index in [1.54, 1.807) is 36.3 Å². The molecule has 0 spiro atoms. The Labute approximate surface area is 161 Å². The first kappa shape index (κ1) is 19.0. The van der Waals surface area contributed by atoms with Crippen molar-refractivity contribution in [2.45, 2.75) is 25.4 Å². The number of hydrogen-bond acceptors (Lipinski definition) is 5. The van der Waals surface area contributed by atoms with E-state index in [2.05, 4.69) is 15.9 Å². The van der Waals surface area contributed by atoms with Crippen LogP contribution in [-0.2, 0) is 27.6 Å². The van der Waals surface area contributed by atoms with Crippen LogP contribution in [0.15, 0.2) is 45.5 Å². The number of ether oxygens (including phenoxy) is 1. The summed E-state index contributed by atoms with van der Waals surface area (Å²) in [7, 11) is -1.51. The summed E-state index contributed by atoms with van der Waals surface area (Å²) in [5, 5.41) is 0. The van der Waals surface area contributed by atoms with Gasteiger partial charge >= 0.3 is 0 Å². The number of carbonyl (C=O) groups is 1. The van der Waals surface area contributed by atoms with E-state index in [1.165, 1.54) is 0 Å². The number of hydrogen-bond donors (Lipinski definition) is 0. The Morgan fingerprint density at radius 2 is 2.00 bits per heavy atom. The first-order valence-electron chi connectivity index (χ1n) is 8.23. The smallest absolute Gasteiger partial charge is 0.227 e. The van der Waals surface area contributed by atoms with E-state index >= 15 is 0 Å². The Morgan fingerprint density at radius 3 is 2.54 bits per heavy atom. The molecule has 8 heteroatoms. The van der Waals surface area contributed by atoms with Gasteiger partial charge in [0.2, 0.25) is 5.91 Å². The molecule has 1 amide bonds. The van der Waals surface area contributed by atoms with Crippen LogP contribution in [0, 0.1) is 0 Å².